The molecule has 5 nitrogen and oxygen atoms in total. The molecule has 1 aromatic rings. The van der Waals surface area contributed by atoms with Crippen LogP contribution in [0.1, 0.15) is 41.1 Å². The lowest BCUT2D eigenvalue weighted by atomic mass is 9.95. The van der Waals surface area contributed by atoms with Crippen molar-refractivity contribution >= 4 is 11.8 Å². The van der Waals surface area contributed by atoms with Crippen LogP contribution in [0.2, 0.25) is 0 Å². The Morgan fingerprint density at radius 1 is 1.32 bits per heavy atom. The Balaban J connectivity index is 2.41. The first-order chi connectivity index (χ1) is 9.15. The van der Waals surface area contributed by atoms with Crippen LogP contribution in [0.4, 0.5) is 0 Å². The zero-order valence-corrected chi connectivity index (χ0v) is 10.7. The molecule has 1 fully saturated rings. The van der Waals surface area contributed by atoms with Gasteiger partial charge in [-0.2, -0.15) is 0 Å². The molecule has 0 unspecified atom stereocenters. The average Bonchev–Trinajstić information content (AvgIpc) is 2.46. The summed E-state index contributed by atoms with van der Waals surface area (Å²) in [6, 6.07) is 5.00. The van der Waals surface area contributed by atoms with Crippen LogP contribution in [0.25, 0.3) is 0 Å². The van der Waals surface area contributed by atoms with Crippen LogP contribution in [0.15, 0.2) is 18.2 Å². The summed E-state index contributed by atoms with van der Waals surface area (Å²) in [5.41, 5.74) is 1.64. The quantitative estimate of drug-likeness (QED) is 0.664. The van der Waals surface area contributed by atoms with Crippen molar-refractivity contribution in [2.75, 3.05) is 13.2 Å². The molecule has 102 valence electrons. The van der Waals surface area contributed by atoms with Crippen LogP contribution in [0.5, 0.6) is 0 Å². The Bertz CT molecular complexity index is 489. The van der Waals surface area contributed by atoms with Gasteiger partial charge in [0.1, 0.15) is 0 Å². The lowest BCUT2D eigenvalue weighted by molar-refractivity contribution is -0.183. The summed E-state index contributed by atoms with van der Waals surface area (Å²) in [5, 5.41) is 8.84. The number of hydrogen-bond acceptors (Lipinski definition) is 4. The summed E-state index contributed by atoms with van der Waals surface area (Å²) < 4.78 is 11.0. The summed E-state index contributed by atoms with van der Waals surface area (Å²) in [6.45, 7) is 3.08. The fourth-order valence-electron chi connectivity index (χ4n) is 2.22. The normalized spacial score (nSPS) is 16.3. The molecule has 0 radical (unpaired) electrons. The molecule has 0 saturated carbocycles. The lowest BCUT2D eigenvalue weighted by Crippen LogP contribution is -2.21. The van der Waals surface area contributed by atoms with Crippen LogP contribution in [-0.4, -0.2) is 30.1 Å². The van der Waals surface area contributed by atoms with Gasteiger partial charge in [0.05, 0.1) is 13.2 Å². The van der Waals surface area contributed by atoms with Crippen LogP contribution in [0, 0.1) is 0 Å². The van der Waals surface area contributed by atoms with Crippen molar-refractivity contribution in [2.45, 2.75) is 26.1 Å². The standard InChI is InChI=1S/C14H16O5/c1-2-9-10(12(15)13(16)17)5-3-6-11(9)14-18-7-4-8-19-14/h3,5-6,14H,2,4,7-8H2,1H3,(H,16,17). The molecular weight excluding hydrogens is 248 g/mol. The van der Waals surface area contributed by atoms with E-state index in [-0.39, 0.29) is 5.56 Å². The highest BCUT2D eigenvalue weighted by Crippen LogP contribution is 2.28. The van der Waals surface area contributed by atoms with Gasteiger partial charge in [-0.1, -0.05) is 25.1 Å². The van der Waals surface area contributed by atoms with Crippen molar-refractivity contribution in [1.82, 2.24) is 0 Å². The predicted octanol–water partition coefficient (Wildman–Crippen LogP) is 1.95. The van der Waals surface area contributed by atoms with E-state index < -0.39 is 18.0 Å². The molecule has 1 N–H and O–H groups in total. The van der Waals surface area contributed by atoms with E-state index in [1.807, 2.05) is 13.0 Å². The van der Waals surface area contributed by atoms with E-state index in [2.05, 4.69) is 0 Å². The van der Waals surface area contributed by atoms with E-state index in [1.54, 1.807) is 6.07 Å². The molecule has 0 spiro atoms. The zero-order chi connectivity index (χ0) is 13.8. The van der Waals surface area contributed by atoms with Crippen molar-refractivity contribution in [1.29, 1.82) is 0 Å². The van der Waals surface area contributed by atoms with Gasteiger partial charge < -0.3 is 14.6 Å². The second kappa shape index (κ2) is 5.95. The molecular formula is C14H16O5. The van der Waals surface area contributed by atoms with Crippen molar-refractivity contribution in [3.05, 3.63) is 34.9 Å². The topological polar surface area (TPSA) is 72.8 Å². The number of ketones is 1. The van der Waals surface area contributed by atoms with Gasteiger partial charge >= 0.3 is 5.97 Å². The second-order valence-corrected chi connectivity index (χ2v) is 4.29. The van der Waals surface area contributed by atoms with Gasteiger partial charge in [-0.15, -0.1) is 0 Å². The Hall–Kier alpha value is -1.72. The SMILES string of the molecule is CCc1c(C(=O)C(=O)O)cccc1C1OCCCO1. The fraction of sp³-hybridized carbons (Fsp3) is 0.429. The third-order valence-electron chi connectivity index (χ3n) is 3.09. The van der Waals surface area contributed by atoms with Crippen LogP contribution < -0.4 is 0 Å². The Morgan fingerprint density at radius 3 is 2.58 bits per heavy atom. The van der Waals surface area contributed by atoms with E-state index in [0.717, 1.165) is 12.0 Å². The number of aliphatic carboxylic acids is 1. The molecule has 0 aliphatic carbocycles. The minimum atomic E-state index is -1.45. The summed E-state index contributed by atoms with van der Waals surface area (Å²) in [6.07, 6.45) is 0.879. The zero-order valence-electron chi connectivity index (χ0n) is 10.7. The highest BCUT2D eigenvalue weighted by molar-refractivity contribution is 6.40. The molecule has 1 aromatic carbocycles. The van der Waals surface area contributed by atoms with E-state index in [0.29, 0.717) is 25.2 Å². The van der Waals surface area contributed by atoms with E-state index >= 15 is 0 Å². The number of carboxylic acid groups (broad SMARTS) is 1. The van der Waals surface area contributed by atoms with Gasteiger partial charge in [-0.25, -0.2) is 4.79 Å². The van der Waals surface area contributed by atoms with E-state index in [1.165, 1.54) is 6.07 Å². The van der Waals surface area contributed by atoms with Crippen molar-refractivity contribution in [3.63, 3.8) is 0 Å². The van der Waals surface area contributed by atoms with Gasteiger partial charge in [-0.3, -0.25) is 4.79 Å². The predicted molar refractivity (Wildman–Crippen MR) is 67.0 cm³/mol. The largest absolute Gasteiger partial charge is 0.475 e. The first kappa shape index (κ1) is 13.7. The minimum Gasteiger partial charge on any atom is -0.475 e. The van der Waals surface area contributed by atoms with Gasteiger partial charge in [0.2, 0.25) is 0 Å². The maximum atomic E-state index is 11.7. The Morgan fingerprint density at radius 2 is 2.00 bits per heavy atom. The number of hydrogen-bond donors (Lipinski definition) is 1. The van der Waals surface area contributed by atoms with Crippen LogP contribution in [-0.2, 0) is 20.7 Å². The van der Waals surface area contributed by atoms with Crippen molar-refractivity contribution in [2.24, 2.45) is 0 Å². The van der Waals surface area contributed by atoms with Crippen molar-refractivity contribution in [3.8, 4) is 0 Å². The van der Waals surface area contributed by atoms with E-state index in [4.69, 9.17) is 14.6 Å². The third-order valence-corrected chi connectivity index (χ3v) is 3.09. The first-order valence-corrected chi connectivity index (χ1v) is 6.27. The first-order valence-electron chi connectivity index (χ1n) is 6.27. The van der Waals surface area contributed by atoms with Crippen molar-refractivity contribution < 1.29 is 24.2 Å². The Kier molecular flexibility index (Phi) is 4.29. The van der Waals surface area contributed by atoms with Crippen LogP contribution in [0.3, 0.4) is 0 Å². The highest BCUT2D eigenvalue weighted by atomic mass is 16.7. The molecule has 5 heteroatoms. The molecule has 0 aromatic heterocycles. The number of Topliss-reactive ketones (excluding diaryl/α,β-unsaturated/α-hetero) is 1. The number of carbonyl (C=O) groups excluding carboxylic acids is 1. The second-order valence-electron chi connectivity index (χ2n) is 4.29. The minimum absolute atomic E-state index is 0.213. The molecule has 1 aliphatic rings. The number of carboxylic acids is 1. The maximum absolute atomic E-state index is 11.7. The highest BCUT2D eigenvalue weighted by Gasteiger charge is 2.24. The molecule has 0 amide bonds. The smallest absolute Gasteiger partial charge is 0.377 e. The lowest BCUT2D eigenvalue weighted by Gasteiger charge is -2.25. The summed E-state index contributed by atoms with van der Waals surface area (Å²) in [5.74, 6) is -2.34. The molecule has 0 atom stereocenters. The average molecular weight is 264 g/mol. The number of benzene rings is 1. The third kappa shape index (κ3) is 2.83. The Labute approximate surface area is 111 Å². The van der Waals surface area contributed by atoms with E-state index in [9.17, 15) is 9.59 Å². The van der Waals surface area contributed by atoms with Gasteiger partial charge in [0.15, 0.2) is 6.29 Å². The summed E-state index contributed by atoms with van der Waals surface area (Å²) in [4.78, 5) is 22.5. The maximum Gasteiger partial charge on any atom is 0.377 e. The molecule has 1 saturated heterocycles. The molecule has 2 rings (SSSR count). The van der Waals surface area contributed by atoms with Gasteiger partial charge in [0.25, 0.3) is 5.78 Å². The van der Waals surface area contributed by atoms with Gasteiger partial charge in [-0.05, 0) is 18.4 Å². The summed E-state index contributed by atoms with van der Waals surface area (Å²) >= 11 is 0. The van der Waals surface area contributed by atoms with Crippen LogP contribution >= 0.6 is 0 Å². The fourth-order valence-corrected chi connectivity index (χ4v) is 2.22. The number of carbonyl (C=O) groups is 2. The molecule has 0 bridgehead atoms. The van der Waals surface area contributed by atoms with Gasteiger partial charge in [0, 0.05) is 11.1 Å². The molecule has 1 aliphatic heterocycles. The number of rotatable bonds is 4. The molecule has 1 heterocycles. The summed E-state index contributed by atoms with van der Waals surface area (Å²) in [7, 11) is 0. The number of ether oxygens (including phenoxy) is 2. The monoisotopic (exact) mass is 264 g/mol. The molecule has 19 heavy (non-hydrogen) atoms.